The summed E-state index contributed by atoms with van der Waals surface area (Å²) in [4.78, 5) is 64.8. The molecular formula is C38H46F6N6O10S. The van der Waals surface area contributed by atoms with Gasteiger partial charge in [0.25, 0.3) is 5.91 Å². The number of fused-ring (bicyclic) bond motifs is 3. The molecule has 4 aliphatic rings. The van der Waals surface area contributed by atoms with Crippen molar-refractivity contribution in [2.75, 3.05) is 27.4 Å². The highest BCUT2D eigenvalue weighted by Crippen LogP contribution is 2.46. The topological polar surface area (TPSA) is 204 Å². The van der Waals surface area contributed by atoms with Gasteiger partial charge in [0, 0.05) is 31.4 Å². The first kappa shape index (κ1) is 45.6. The molecule has 1 aromatic heterocycles. The van der Waals surface area contributed by atoms with Crippen LogP contribution < -0.4 is 24.8 Å². The second-order valence-corrected chi connectivity index (χ2v) is 18.1. The Bertz CT molecular complexity index is 2170. The molecule has 0 radical (unpaired) electrons. The predicted molar refractivity (Wildman–Crippen MR) is 201 cm³/mol. The quantitative estimate of drug-likeness (QED) is 0.226. The van der Waals surface area contributed by atoms with Crippen molar-refractivity contribution in [2.24, 2.45) is 11.8 Å². The summed E-state index contributed by atoms with van der Waals surface area (Å²) in [7, 11) is -1.48. The average molecular weight is 893 g/mol. The minimum absolute atomic E-state index is 0.0339. The number of nitrogens with zero attached hydrogens (tertiary/aromatic N) is 3. The van der Waals surface area contributed by atoms with E-state index < -0.39 is 117 Å². The zero-order valence-corrected chi connectivity index (χ0v) is 34.3. The van der Waals surface area contributed by atoms with Crippen LogP contribution in [-0.2, 0) is 40.1 Å². The van der Waals surface area contributed by atoms with E-state index in [9.17, 15) is 53.9 Å². The van der Waals surface area contributed by atoms with Crippen LogP contribution in [0.4, 0.5) is 31.1 Å². The van der Waals surface area contributed by atoms with Gasteiger partial charge in [0.05, 0.1) is 36.5 Å². The lowest BCUT2D eigenvalue weighted by atomic mass is 9.92. The third kappa shape index (κ3) is 10.1. The molecule has 6 unspecified atom stereocenters. The zero-order valence-electron chi connectivity index (χ0n) is 33.5. The summed E-state index contributed by atoms with van der Waals surface area (Å²) in [5, 5.41) is 4.04. The lowest BCUT2D eigenvalue weighted by Gasteiger charge is -2.34. The van der Waals surface area contributed by atoms with Gasteiger partial charge in [-0.25, -0.2) is 23.2 Å². The van der Waals surface area contributed by atoms with Crippen molar-refractivity contribution >= 4 is 44.9 Å². The Kier molecular flexibility index (Phi) is 12.8. The number of halogens is 6. The molecular weight excluding hydrogens is 847 g/mol. The monoisotopic (exact) mass is 892 g/mol. The zero-order chi connectivity index (χ0) is 44.7. The highest BCUT2D eigenvalue weighted by atomic mass is 32.2. The average Bonchev–Trinajstić information content (AvgIpc) is 4.09. The van der Waals surface area contributed by atoms with Gasteiger partial charge in [-0.2, -0.15) is 26.3 Å². The summed E-state index contributed by atoms with van der Waals surface area (Å²) in [5.41, 5.74) is -6.56. The number of ether oxygens (including phenoxy) is 4. The van der Waals surface area contributed by atoms with E-state index in [0.29, 0.717) is 46.0 Å². The van der Waals surface area contributed by atoms with E-state index in [-0.39, 0.29) is 36.2 Å². The lowest BCUT2D eigenvalue weighted by Crippen LogP contribution is -2.60. The Morgan fingerprint density at radius 3 is 2.38 bits per heavy atom. The third-order valence-corrected chi connectivity index (χ3v) is 13.0. The number of nitrogens with one attached hydrogen (secondary N) is 3. The maximum absolute atomic E-state index is 14.8. The Morgan fingerprint density at radius 1 is 1.02 bits per heavy atom. The summed E-state index contributed by atoms with van der Waals surface area (Å²) in [6, 6.07) is 0.558. The molecule has 1 saturated heterocycles. The Morgan fingerprint density at radius 2 is 1.74 bits per heavy atom. The summed E-state index contributed by atoms with van der Waals surface area (Å²) < 4.78 is 133. The van der Waals surface area contributed by atoms with Crippen LogP contribution in [0.3, 0.4) is 0 Å². The SMILES string of the molecule is COCC1CCCCC=CC2CC2(C(=O)NS(=O)(=O)C2CC2)NC(=O)C2CC(Oc3nc4cc(OC)ccc4nc3C(F)(F)F)CN2C(=O)C1NC(=O)OC(C)(C)C(F)(F)F. The van der Waals surface area contributed by atoms with Gasteiger partial charge >= 0.3 is 18.4 Å². The van der Waals surface area contributed by atoms with Crippen molar-refractivity contribution < 1.29 is 72.9 Å². The highest BCUT2D eigenvalue weighted by molar-refractivity contribution is 7.91. The van der Waals surface area contributed by atoms with Gasteiger partial charge in [-0.3, -0.25) is 19.1 Å². The molecule has 23 heteroatoms. The summed E-state index contributed by atoms with van der Waals surface area (Å²) >= 11 is 0. The molecule has 6 rings (SSSR count). The second kappa shape index (κ2) is 17.1. The van der Waals surface area contributed by atoms with E-state index in [1.807, 2.05) is 0 Å². The summed E-state index contributed by atoms with van der Waals surface area (Å²) in [5.74, 6) is -5.51. The molecule has 2 aliphatic heterocycles. The second-order valence-electron chi connectivity index (χ2n) is 16.1. The van der Waals surface area contributed by atoms with E-state index in [1.54, 1.807) is 12.2 Å². The minimum Gasteiger partial charge on any atom is -0.497 e. The minimum atomic E-state index is -5.10. The lowest BCUT2D eigenvalue weighted by molar-refractivity contribution is -0.244. The van der Waals surface area contributed by atoms with Crippen molar-refractivity contribution in [3.05, 3.63) is 36.0 Å². The molecule has 0 spiro atoms. The number of carbonyl (C=O) groups is 4. The fourth-order valence-corrected chi connectivity index (χ4v) is 8.77. The van der Waals surface area contributed by atoms with Crippen LogP contribution >= 0.6 is 0 Å². The van der Waals surface area contributed by atoms with Gasteiger partial charge in [-0.05, 0) is 64.5 Å². The molecule has 16 nitrogen and oxygen atoms in total. The maximum atomic E-state index is 14.8. The smallest absolute Gasteiger partial charge is 0.438 e. The first-order chi connectivity index (χ1) is 28.5. The van der Waals surface area contributed by atoms with Crippen molar-refractivity contribution in [2.45, 2.75) is 112 Å². The summed E-state index contributed by atoms with van der Waals surface area (Å²) in [6.07, 6.45) is -8.23. The number of methoxy groups -OCH3 is 2. The highest BCUT2D eigenvalue weighted by Gasteiger charge is 2.62. The number of alkyl carbamates (subject to hydrolysis) is 1. The van der Waals surface area contributed by atoms with Crippen LogP contribution in [0.25, 0.3) is 11.0 Å². The van der Waals surface area contributed by atoms with Gasteiger partial charge in [0.2, 0.25) is 39.0 Å². The first-order valence-electron chi connectivity index (χ1n) is 19.5. The molecule has 3 fully saturated rings. The summed E-state index contributed by atoms with van der Waals surface area (Å²) in [6.45, 7) is 0.348. The molecule has 1 aromatic carbocycles. The van der Waals surface area contributed by atoms with Gasteiger partial charge in [0.1, 0.15) is 29.5 Å². The number of alkyl halides is 6. The van der Waals surface area contributed by atoms with Gasteiger partial charge < -0.3 is 34.5 Å². The van der Waals surface area contributed by atoms with Crippen LogP contribution in [0.15, 0.2) is 30.4 Å². The molecule has 2 aromatic rings. The fourth-order valence-electron chi connectivity index (χ4n) is 7.41. The molecule has 61 heavy (non-hydrogen) atoms. The molecule has 336 valence electrons. The molecule has 4 amide bonds. The fraction of sp³-hybridized carbons (Fsp3) is 0.632. The van der Waals surface area contributed by atoms with Gasteiger partial charge in [-0.1, -0.05) is 18.6 Å². The first-order valence-corrected chi connectivity index (χ1v) is 21.0. The van der Waals surface area contributed by atoms with Crippen LogP contribution in [0.2, 0.25) is 0 Å². The molecule has 2 saturated carbocycles. The van der Waals surface area contributed by atoms with Gasteiger partial charge in [0.15, 0.2) is 0 Å². The largest absolute Gasteiger partial charge is 0.497 e. The number of carbonyl (C=O) groups excluding carboxylic acids is 4. The van der Waals surface area contributed by atoms with Crippen molar-refractivity contribution in [1.29, 1.82) is 0 Å². The Hall–Kier alpha value is -4.93. The number of aromatic nitrogens is 2. The number of benzene rings is 1. The van der Waals surface area contributed by atoms with Crippen LogP contribution in [0.5, 0.6) is 11.6 Å². The number of rotatable bonds is 10. The Balaban J connectivity index is 1.39. The Labute approximate surface area is 346 Å². The number of hydrogen-bond donors (Lipinski definition) is 3. The molecule has 3 N–H and O–H groups in total. The number of hydrogen-bond acceptors (Lipinski definition) is 12. The number of amides is 4. The predicted octanol–water partition coefficient (Wildman–Crippen LogP) is 4.32. The van der Waals surface area contributed by atoms with E-state index in [0.717, 1.165) is 4.90 Å². The van der Waals surface area contributed by atoms with Crippen molar-refractivity contribution in [1.82, 2.24) is 30.2 Å². The third-order valence-electron chi connectivity index (χ3n) is 11.2. The van der Waals surface area contributed by atoms with Crippen molar-refractivity contribution in [3.63, 3.8) is 0 Å². The number of allylic oxidation sites excluding steroid dienone is 1. The van der Waals surface area contributed by atoms with E-state index >= 15 is 0 Å². The van der Waals surface area contributed by atoms with E-state index in [2.05, 4.69) is 25.3 Å². The number of sulfonamides is 1. The molecule has 6 atom stereocenters. The van der Waals surface area contributed by atoms with E-state index in [1.165, 1.54) is 32.4 Å². The molecule has 0 bridgehead atoms. The van der Waals surface area contributed by atoms with Gasteiger partial charge in [-0.15, -0.1) is 0 Å². The molecule has 2 aliphatic carbocycles. The standard InChI is InChI=1S/C38H46F6N6O10S/c1-35(2,38(42,43)44)60-34(54)47-28-20(19-57-3)9-7-5-6-8-10-21-17-36(21,33(53)49-61(55,56)24-12-13-24)48-30(51)27-16-23(18-50(27)32(28)52)59-31-29(37(39,40)41)45-25-14-11-22(58-4)15-26(25)46-31/h8,10-11,14-15,20-21,23-24,27-28H,5-7,9,12-13,16-19H2,1-4H3,(H,47,54)(H,48,51)(H,49,53). The van der Waals surface area contributed by atoms with Crippen LogP contribution in [0.1, 0.15) is 70.9 Å². The van der Waals surface area contributed by atoms with Crippen LogP contribution in [0, 0.1) is 11.8 Å². The van der Waals surface area contributed by atoms with E-state index in [4.69, 9.17) is 18.9 Å². The molecule has 3 heterocycles. The maximum Gasteiger partial charge on any atom is 0.438 e. The normalized spacial score (nSPS) is 26.6. The van der Waals surface area contributed by atoms with Crippen molar-refractivity contribution in [3.8, 4) is 11.6 Å². The van der Waals surface area contributed by atoms with Crippen LogP contribution in [-0.4, -0.2) is 115 Å².